The van der Waals surface area contributed by atoms with Gasteiger partial charge in [0.1, 0.15) is 0 Å². The first-order valence-corrected chi connectivity index (χ1v) is 4.06. The van der Waals surface area contributed by atoms with Crippen molar-refractivity contribution in [2.45, 2.75) is 0 Å². The van der Waals surface area contributed by atoms with E-state index in [9.17, 15) is 4.79 Å². The van der Waals surface area contributed by atoms with Gasteiger partial charge in [-0.1, -0.05) is 30.9 Å². The molecule has 0 fully saturated rings. The van der Waals surface area contributed by atoms with Gasteiger partial charge in [0, 0.05) is 6.20 Å². The Morgan fingerprint density at radius 1 is 1.31 bits per heavy atom. The summed E-state index contributed by atoms with van der Waals surface area (Å²) >= 11 is 0. The van der Waals surface area contributed by atoms with Crippen LogP contribution in [0.2, 0.25) is 0 Å². The summed E-state index contributed by atoms with van der Waals surface area (Å²) in [6.07, 6.45) is 3.34. The first-order chi connectivity index (χ1) is 6.33. The van der Waals surface area contributed by atoms with Crippen molar-refractivity contribution in [2.24, 2.45) is 0 Å². The Morgan fingerprint density at radius 3 is 2.92 bits per heavy atom. The minimum atomic E-state index is -0.0620. The van der Waals surface area contributed by atoms with Crippen molar-refractivity contribution in [3.8, 4) is 0 Å². The van der Waals surface area contributed by atoms with Gasteiger partial charge in [-0.2, -0.15) is 0 Å². The fraction of sp³-hybridized carbons (Fsp3) is 0. The molecule has 64 valence electrons. The molecule has 1 heterocycles. The Labute approximate surface area is 75.5 Å². The van der Waals surface area contributed by atoms with E-state index in [4.69, 9.17) is 0 Å². The van der Waals surface area contributed by atoms with Gasteiger partial charge in [0.15, 0.2) is 0 Å². The lowest BCUT2D eigenvalue weighted by Crippen LogP contribution is -2.05. The van der Waals surface area contributed by atoms with Gasteiger partial charge < -0.3 is 4.98 Å². The molecule has 13 heavy (non-hydrogen) atoms. The lowest BCUT2D eigenvalue weighted by atomic mass is 10.1. The largest absolute Gasteiger partial charge is 0.329 e. The third-order valence-electron chi connectivity index (χ3n) is 2.05. The van der Waals surface area contributed by atoms with Gasteiger partial charge in [-0.05, 0) is 17.0 Å². The van der Waals surface area contributed by atoms with Gasteiger partial charge >= 0.3 is 0 Å². The van der Waals surface area contributed by atoms with Crippen molar-refractivity contribution in [1.29, 1.82) is 0 Å². The molecule has 0 aliphatic carbocycles. The smallest absolute Gasteiger partial charge is 0.256 e. The monoisotopic (exact) mass is 171 g/mol. The van der Waals surface area contributed by atoms with Crippen LogP contribution in [0, 0.1) is 0 Å². The fourth-order valence-corrected chi connectivity index (χ4v) is 1.44. The molecule has 0 amide bonds. The molecule has 0 bridgehead atoms. The summed E-state index contributed by atoms with van der Waals surface area (Å²) in [5, 5.41) is 1.65. The van der Waals surface area contributed by atoms with Crippen LogP contribution >= 0.6 is 0 Å². The molecule has 2 rings (SSSR count). The fourth-order valence-electron chi connectivity index (χ4n) is 1.44. The summed E-state index contributed by atoms with van der Waals surface area (Å²) in [6, 6.07) is 7.59. The van der Waals surface area contributed by atoms with Crippen molar-refractivity contribution in [1.82, 2.24) is 4.98 Å². The first-order valence-electron chi connectivity index (χ1n) is 4.06. The maximum absolute atomic E-state index is 11.5. The summed E-state index contributed by atoms with van der Waals surface area (Å²) in [5.74, 6) is 0. The summed E-state index contributed by atoms with van der Waals surface area (Å²) in [7, 11) is 0. The van der Waals surface area contributed by atoms with Crippen LogP contribution in [0.5, 0.6) is 0 Å². The molecule has 2 aromatic rings. The molecule has 0 atom stereocenters. The molecule has 1 aromatic heterocycles. The number of aromatic amines is 1. The second-order valence-corrected chi connectivity index (χ2v) is 2.82. The molecule has 2 nitrogen and oxygen atoms in total. The van der Waals surface area contributed by atoms with Gasteiger partial charge in [-0.25, -0.2) is 0 Å². The highest BCUT2D eigenvalue weighted by atomic mass is 16.1. The molecule has 0 aliphatic rings. The van der Waals surface area contributed by atoms with E-state index < -0.39 is 0 Å². The number of fused-ring (bicyclic) bond motifs is 1. The number of aromatic nitrogens is 1. The highest BCUT2D eigenvalue weighted by molar-refractivity contribution is 5.89. The van der Waals surface area contributed by atoms with Crippen LogP contribution in [-0.4, -0.2) is 4.98 Å². The Balaban J connectivity index is 3.03. The van der Waals surface area contributed by atoms with E-state index in [1.54, 1.807) is 12.3 Å². The molecule has 0 saturated carbocycles. The van der Waals surface area contributed by atoms with Gasteiger partial charge in [-0.3, -0.25) is 4.79 Å². The maximum Gasteiger partial charge on any atom is 0.256 e. The minimum Gasteiger partial charge on any atom is -0.329 e. The second kappa shape index (κ2) is 2.90. The molecular weight excluding hydrogens is 162 g/mol. The van der Waals surface area contributed by atoms with E-state index in [2.05, 4.69) is 11.6 Å². The predicted octanol–water partition coefficient (Wildman–Crippen LogP) is 2.17. The lowest BCUT2D eigenvalue weighted by molar-refractivity contribution is 1.28. The normalized spacial score (nSPS) is 10.2. The predicted molar refractivity (Wildman–Crippen MR) is 54.7 cm³/mol. The van der Waals surface area contributed by atoms with Crippen LogP contribution in [-0.2, 0) is 0 Å². The van der Waals surface area contributed by atoms with Crippen molar-refractivity contribution in [2.75, 3.05) is 0 Å². The van der Waals surface area contributed by atoms with Crippen LogP contribution in [0.25, 0.3) is 16.8 Å². The summed E-state index contributed by atoms with van der Waals surface area (Å²) in [6.45, 7) is 3.67. The van der Waals surface area contributed by atoms with Crippen LogP contribution in [0.4, 0.5) is 0 Å². The Bertz CT molecular complexity index is 505. The van der Waals surface area contributed by atoms with Gasteiger partial charge in [0.2, 0.25) is 0 Å². The summed E-state index contributed by atoms with van der Waals surface area (Å²) in [4.78, 5) is 14.1. The maximum atomic E-state index is 11.5. The Morgan fingerprint density at radius 2 is 2.15 bits per heavy atom. The second-order valence-electron chi connectivity index (χ2n) is 2.82. The molecule has 0 spiro atoms. The molecule has 0 radical (unpaired) electrons. The highest BCUT2D eigenvalue weighted by Gasteiger charge is 2.00. The topological polar surface area (TPSA) is 32.9 Å². The van der Waals surface area contributed by atoms with E-state index in [0.717, 1.165) is 10.9 Å². The van der Waals surface area contributed by atoms with E-state index in [0.29, 0.717) is 5.39 Å². The number of hydrogen-bond donors (Lipinski definition) is 1. The van der Waals surface area contributed by atoms with Crippen molar-refractivity contribution in [3.63, 3.8) is 0 Å². The van der Waals surface area contributed by atoms with Crippen molar-refractivity contribution in [3.05, 3.63) is 53.0 Å². The third-order valence-corrected chi connectivity index (χ3v) is 2.05. The molecule has 1 N–H and O–H groups in total. The third kappa shape index (κ3) is 1.16. The van der Waals surface area contributed by atoms with Crippen LogP contribution in [0.3, 0.4) is 0 Å². The van der Waals surface area contributed by atoms with Gasteiger partial charge in [-0.15, -0.1) is 0 Å². The quantitative estimate of drug-likeness (QED) is 0.700. The number of nitrogens with one attached hydrogen (secondary N) is 1. The van der Waals surface area contributed by atoms with E-state index >= 15 is 0 Å². The van der Waals surface area contributed by atoms with Gasteiger partial charge in [0.05, 0.1) is 5.39 Å². The van der Waals surface area contributed by atoms with Crippen LogP contribution in [0.15, 0.2) is 41.8 Å². The first kappa shape index (κ1) is 7.80. The van der Waals surface area contributed by atoms with Crippen molar-refractivity contribution < 1.29 is 0 Å². The SMILES string of the molecule is C=Cc1cccc2cc[nH]c(=O)c12. The number of rotatable bonds is 1. The molecule has 0 unspecified atom stereocenters. The molecule has 2 heteroatoms. The van der Waals surface area contributed by atoms with Crippen LogP contribution < -0.4 is 5.56 Å². The lowest BCUT2D eigenvalue weighted by Gasteiger charge is -1.99. The zero-order valence-corrected chi connectivity index (χ0v) is 7.08. The minimum absolute atomic E-state index is 0.0620. The molecule has 0 saturated heterocycles. The number of benzene rings is 1. The summed E-state index contributed by atoms with van der Waals surface area (Å²) < 4.78 is 0. The average molecular weight is 171 g/mol. The highest BCUT2D eigenvalue weighted by Crippen LogP contribution is 2.14. The number of hydrogen-bond acceptors (Lipinski definition) is 1. The van der Waals surface area contributed by atoms with E-state index in [-0.39, 0.29) is 5.56 Å². The van der Waals surface area contributed by atoms with E-state index in [1.807, 2.05) is 24.3 Å². The number of H-pyrrole nitrogens is 1. The molecule has 1 aromatic carbocycles. The van der Waals surface area contributed by atoms with E-state index in [1.165, 1.54) is 0 Å². The summed E-state index contributed by atoms with van der Waals surface area (Å²) in [5.41, 5.74) is 0.812. The zero-order valence-electron chi connectivity index (χ0n) is 7.08. The molecular formula is C11H9NO. The van der Waals surface area contributed by atoms with Crippen LogP contribution in [0.1, 0.15) is 5.56 Å². The Hall–Kier alpha value is -1.83. The standard InChI is InChI=1S/C11H9NO/c1-2-8-4-3-5-9-6-7-12-11(13)10(8)9/h2-7H,1H2,(H,12,13). The number of pyridine rings is 1. The van der Waals surface area contributed by atoms with Gasteiger partial charge in [0.25, 0.3) is 5.56 Å². The average Bonchev–Trinajstić information content (AvgIpc) is 2.17. The Kier molecular flexibility index (Phi) is 1.74. The molecule has 0 aliphatic heterocycles. The van der Waals surface area contributed by atoms with Crippen molar-refractivity contribution >= 4 is 16.8 Å². The zero-order chi connectivity index (χ0) is 9.26.